The van der Waals surface area contributed by atoms with E-state index in [4.69, 9.17) is 0 Å². The molecule has 0 saturated carbocycles. The standard InChI is InChI=1S/C19H18FN3O/c1-23-11-10-21-19(23)18(15-7-3-2-4-8-15)22-17(24)13-14-6-5-9-16(20)12-14/h2-12,18H,13H2,1H3,(H,22,24)/t18-/m1/s1. The molecule has 0 unspecified atom stereocenters. The molecule has 0 radical (unpaired) electrons. The molecular formula is C19H18FN3O. The first-order chi connectivity index (χ1) is 11.6. The molecule has 3 rings (SSSR count). The molecule has 0 aliphatic carbocycles. The molecule has 24 heavy (non-hydrogen) atoms. The van der Waals surface area contributed by atoms with Crippen LogP contribution in [0.5, 0.6) is 0 Å². The van der Waals surface area contributed by atoms with Crippen LogP contribution in [0.1, 0.15) is 23.0 Å². The van der Waals surface area contributed by atoms with Gasteiger partial charge in [0.2, 0.25) is 5.91 Å². The maximum absolute atomic E-state index is 13.3. The number of carbonyl (C=O) groups is 1. The normalized spacial score (nSPS) is 11.9. The van der Waals surface area contributed by atoms with E-state index in [2.05, 4.69) is 10.3 Å². The van der Waals surface area contributed by atoms with Gasteiger partial charge in [0.1, 0.15) is 17.7 Å². The van der Waals surface area contributed by atoms with E-state index in [0.29, 0.717) is 5.56 Å². The van der Waals surface area contributed by atoms with Gasteiger partial charge in [-0.15, -0.1) is 0 Å². The van der Waals surface area contributed by atoms with Crippen LogP contribution in [0, 0.1) is 5.82 Å². The lowest BCUT2D eigenvalue weighted by molar-refractivity contribution is -0.121. The van der Waals surface area contributed by atoms with Gasteiger partial charge >= 0.3 is 0 Å². The third kappa shape index (κ3) is 3.68. The molecule has 4 nitrogen and oxygen atoms in total. The van der Waals surface area contributed by atoms with Crippen LogP contribution in [0.4, 0.5) is 4.39 Å². The van der Waals surface area contributed by atoms with E-state index >= 15 is 0 Å². The van der Waals surface area contributed by atoms with Crippen LogP contribution in [0.2, 0.25) is 0 Å². The summed E-state index contributed by atoms with van der Waals surface area (Å²) in [6.45, 7) is 0. The second-order valence-electron chi connectivity index (χ2n) is 5.61. The fourth-order valence-corrected chi connectivity index (χ4v) is 2.64. The summed E-state index contributed by atoms with van der Waals surface area (Å²) in [4.78, 5) is 16.8. The lowest BCUT2D eigenvalue weighted by Crippen LogP contribution is -2.32. The van der Waals surface area contributed by atoms with Crippen molar-refractivity contribution in [2.75, 3.05) is 0 Å². The first kappa shape index (κ1) is 15.9. The predicted molar refractivity (Wildman–Crippen MR) is 89.7 cm³/mol. The van der Waals surface area contributed by atoms with Gasteiger partial charge in [0.15, 0.2) is 0 Å². The van der Waals surface area contributed by atoms with E-state index in [1.807, 2.05) is 48.1 Å². The minimum Gasteiger partial charge on any atom is -0.342 e. The highest BCUT2D eigenvalue weighted by Gasteiger charge is 2.20. The van der Waals surface area contributed by atoms with Crippen molar-refractivity contribution in [3.05, 3.63) is 89.8 Å². The molecule has 122 valence electrons. The molecule has 0 spiro atoms. The summed E-state index contributed by atoms with van der Waals surface area (Å²) in [5.41, 5.74) is 1.58. The van der Waals surface area contributed by atoms with Gasteiger partial charge in [-0.05, 0) is 23.3 Å². The first-order valence-electron chi connectivity index (χ1n) is 7.69. The SMILES string of the molecule is Cn1ccnc1[C@H](NC(=O)Cc1cccc(F)c1)c1ccccc1. The Labute approximate surface area is 140 Å². The van der Waals surface area contributed by atoms with Crippen LogP contribution in [0.25, 0.3) is 0 Å². The fourth-order valence-electron chi connectivity index (χ4n) is 2.64. The van der Waals surface area contributed by atoms with Gasteiger partial charge < -0.3 is 9.88 Å². The summed E-state index contributed by atoms with van der Waals surface area (Å²) in [6.07, 6.45) is 3.65. The number of hydrogen-bond acceptors (Lipinski definition) is 2. The Morgan fingerprint density at radius 2 is 2.00 bits per heavy atom. The van der Waals surface area contributed by atoms with Crippen LogP contribution >= 0.6 is 0 Å². The minimum absolute atomic E-state index is 0.117. The van der Waals surface area contributed by atoms with Crippen LogP contribution in [0.3, 0.4) is 0 Å². The summed E-state index contributed by atoms with van der Waals surface area (Å²) >= 11 is 0. The van der Waals surface area contributed by atoms with Gasteiger partial charge in [-0.25, -0.2) is 9.37 Å². The van der Waals surface area contributed by atoms with Crippen molar-refractivity contribution in [1.82, 2.24) is 14.9 Å². The first-order valence-corrected chi connectivity index (χ1v) is 7.69. The third-order valence-corrected chi connectivity index (χ3v) is 3.81. The number of amides is 1. The maximum Gasteiger partial charge on any atom is 0.225 e. The molecule has 1 atom stereocenters. The molecule has 1 aromatic heterocycles. The van der Waals surface area contributed by atoms with E-state index in [9.17, 15) is 9.18 Å². The van der Waals surface area contributed by atoms with Gasteiger partial charge in [-0.3, -0.25) is 4.79 Å². The van der Waals surface area contributed by atoms with Crippen molar-refractivity contribution in [2.24, 2.45) is 7.05 Å². The summed E-state index contributed by atoms with van der Waals surface area (Å²) in [5, 5.41) is 3.00. The highest BCUT2D eigenvalue weighted by molar-refractivity contribution is 5.79. The van der Waals surface area contributed by atoms with Gasteiger partial charge in [0.25, 0.3) is 0 Å². The van der Waals surface area contributed by atoms with Crippen LogP contribution in [0.15, 0.2) is 67.0 Å². The monoisotopic (exact) mass is 323 g/mol. The van der Waals surface area contributed by atoms with E-state index in [1.54, 1.807) is 18.3 Å². The number of nitrogens with zero attached hydrogens (tertiary/aromatic N) is 2. The summed E-state index contributed by atoms with van der Waals surface area (Å²) in [7, 11) is 1.89. The Morgan fingerprint density at radius 3 is 2.67 bits per heavy atom. The Hall–Kier alpha value is -2.95. The van der Waals surface area contributed by atoms with Crippen molar-refractivity contribution >= 4 is 5.91 Å². The summed E-state index contributed by atoms with van der Waals surface area (Å²) < 4.78 is 15.2. The lowest BCUT2D eigenvalue weighted by Gasteiger charge is -2.19. The van der Waals surface area contributed by atoms with E-state index in [1.165, 1.54) is 12.1 Å². The Bertz CT molecular complexity index is 829. The minimum atomic E-state index is -0.354. The predicted octanol–water partition coefficient (Wildman–Crippen LogP) is 3.01. The highest BCUT2D eigenvalue weighted by atomic mass is 19.1. The van der Waals surface area contributed by atoms with Crippen LogP contribution in [-0.2, 0) is 18.3 Å². The number of aromatic nitrogens is 2. The van der Waals surface area contributed by atoms with Crippen molar-refractivity contribution in [3.63, 3.8) is 0 Å². The topological polar surface area (TPSA) is 46.9 Å². The van der Waals surface area contributed by atoms with Crippen molar-refractivity contribution in [1.29, 1.82) is 0 Å². The number of aryl methyl sites for hydroxylation is 1. The summed E-state index contributed by atoms with van der Waals surface area (Å²) in [6, 6.07) is 15.4. The van der Waals surface area contributed by atoms with Crippen LogP contribution < -0.4 is 5.32 Å². The molecule has 1 N–H and O–H groups in total. The van der Waals surface area contributed by atoms with Crippen molar-refractivity contribution in [3.8, 4) is 0 Å². The highest BCUT2D eigenvalue weighted by Crippen LogP contribution is 2.20. The zero-order valence-electron chi connectivity index (χ0n) is 13.3. The molecule has 2 aromatic carbocycles. The quantitative estimate of drug-likeness (QED) is 0.784. The number of benzene rings is 2. The smallest absolute Gasteiger partial charge is 0.225 e. The molecule has 0 fully saturated rings. The molecule has 0 aliphatic rings. The van der Waals surface area contributed by atoms with E-state index < -0.39 is 0 Å². The maximum atomic E-state index is 13.3. The number of nitrogens with one attached hydrogen (secondary N) is 1. The number of imidazole rings is 1. The molecular weight excluding hydrogens is 305 g/mol. The third-order valence-electron chi connectivity index (χ3n) is 3.81. The average molecular weight is 323 g/mol. The second kappa shape index (κ2) is 7.08. The fraction of sp³-hybridized carbons (Fsp3) is 0.158. The Kier molecular flexibility index (Phi) is 4.70. The Balaban J connectivity index is 1.82. The molecule has 0 saturated heterocycles. The van der Waals surface area contributed by atoms with Gasteiger partial charge in [0, 0.05) is 19.4 Å². The number of hydrogen-bond donors (Lipinski definition) is 1. The zero-order valence-corrected chi connectivity index (χ0v) is 13.3. The van der Waals surface area contributed by atoms with Gasteiger partial charge in [-0.1, -0.05) is 42.5 Å². The van der Waals surface area contributed by atoms with Gasteiger partial charge in [-0.2, -0.15) is 0 Å². The second-order valence-corrected chi connectivity index (χ2v) is 5.61. The van der Waals surface area contributed by atoms with E-state index in [-0.39, 0.29) is 24.2 Å². The number of halogens is 1. The number of rotatable bonds is 5. The lowest BCUT2D eigenvalue weighted by atomic mass is 10.1. The zero-order chi connectivity index (χ0) is 16.9. The van der Waals surface area contributed by atoms with Crippen molar-refractivity contribution in [2.45, 2.75) is 12.5 Å². The molecule has 0 aliphatic heterocycles. The molecule has 5 heteroatoms. The largest absolute Gasteiger partial charge is 0.342 e. The molecule has 1 amide bonds. The van der Waals surface area contributed by atoms with Crippen LogP contribution in [-0.4, -0.2) is 15.5 Å². The van der Waals surface area contributed by atoms with Crippen molar-refractivity contribution < 1.29 is 9.18 Å². The Morgan fingerprint density at radius 1 is 1.21 bits per heavy atom. The summed E-state index contributed by atoms with van der Waals surface area (Å²) in [5.74, 6) is 0.218. The molecule has 1 heterocycles. The van der Waals surface area contributed by atoms with Gasteiger partial charge in [0.05, 0.1) is 6.42 Å². The molecule has 3 aromatic rings. The average Bonchev–Trinajstić information content (AvgIpc) is 2.99. The number of carbonyl (C=O) groups excluding carboxylic acids is 1. The van der Waals surface area contributed by atoms with E-state index in [0.717, 1.165) is 11.4 Å². The molecule has 0 bridgehead atoms.